The van der Waals surface area contributed by atoms with E-state index in [-0.39, 0.29) is 11.6 Å². The minimum Gasteiger partial charge on any atom is -0.497 e. The first-order valence-electron chi connectivity index (χ1n) is 6.07. The van der Waals surface area contributed by atoms with Crippen LogP contribution in [0.2, 0.25) is 5.02 Å². The Labute approximate surface area is 130 Å². The molecule has 0 spiro atoms. The second kappa shape index (κ2) is 5.50. The van der Waals surface area contributed by atoms with E-state index >= 15 is 0 Å². The Bertz CT molecular complexity index is 819. The van der Waals surface area contributed by atoms with E-state index in [9.17, 15) is 4.39 Å². The summed E-state index contributed by atoms with van der Waals surface area (Å²) >= 11 is 11.8. The van der Waals surface area contributed by atoms with Crippen LogP contribution in [0.25, 0.3) is 16.9 Å². The van der Waals surface area contributed by atoms with Gasteiger partial charge in [-0.2, -0.15) is 0 Å². The lowest BCUT2D eigenvalue weighted by Gasteiger charge is -2.10. The summed E-state index contributed by atoms with van der Waals surface area (Å²) in [5.74, 6) is 0.708. The fourth-order valence-corrected chi connectivity index (χ4v) is 2.45. The Kier molecular flexibility index (Phi) is 3.69. The van der Waals surface area contributed by atoms with E-state index in [1.807, 2.05) is 0 Å². The van der Waals surface area contributed by atoms with Crippen LogP contribution in [0.5, 0.6) is 5.75 Å². The van der Waals surface area contributed by atoms with Crippen LogP contribution in [0, 0.1) is 5.82 Å². The summed E-state index contributed by atoms with van der Waals surface area (Å²) in [6.07, 6.45) is 1.48. The minimum absolute atomic E-state index is 0.116. The molecule has 0 amide bonds. The van der Waals surface area contributed by atoms with Gasteiger partial charge in [0.2, 0.25) is 0 Å². The Morgan fingerprint density at radius 3 is 2.86 bits per heavy atom. The largest absolute Gasteiger partial charge is 0.497 e. The zero-order valence-electron chi connectivity index (χ0n) is 11.0. The van der Waals surface area contributed by atoms with Gasteiger partial charge in [-0.25, -0.2) is 14.4 Å². The Morgan fingerprint density at radius 1 is 1.33 bits per heavy atom. The highest BCUT2D eigenvalue weighted by atomic mass is 35.5. The molecule has 0 N–H and O–H groups in total. The van der Waals surface area contributed by atoms with Gasteiger partial charge >= 0.3 is 0 Å². The van der Waals surface area contributed by atoms with E-state index in [1.165, 1.54) is 19.4 Å². The third kappa shape index (κ3) is 2.43. The molecule has 0 radical (unpaired) electrons. The number of hydrogen-bond acceptors (Lipinski definition) is 3. The molecule has 0 saturated carbocycles. The number of methoxy groups -OCH3 is 1. The van der Waals surface area contributed by atoms with Crippen molar-refractivity contribution in [3.63, 3.8) is 0 Å². The molecule has 0 fully saturated rings. The second-order valence-corrected chi connectivity index (χ2v) is 5.01. The number of pyridine rings is 1. The number of halogens is 3. The molecular weight excluding hydrogens is 316 g/mol. The molecule has 108 valence electrons. The first-order valence-corrected chi connectivity index (χ1v) is 6.98. The van der Waals surface area contributed by atoms with Crippen LogP contribution < -0.4 is 4.74 Å². The fourth-order valence-electron chi connectivity index (χ4n) is 2.12. The number of benzene rings is 1. The number of hydrogen-bond donors (Lipinski definition) is 0. The highest BCUT2D eigenvalue weighted by Gasteiger charge is 2.17. The average Bonchev–Trinajstić information content (AvgIpc) is 2.85. The molecule has 0 atom stereocenters. The van der Waals surface area contributed by atoms with Gasteiger partial charge in [0.05, 0.1) is 23.7 Å². The molecular formula is C14H10Cl2FN3O. The number of imidazole rings is 1. The van der Waals surface area contributed by atoms with Crippen LogP contribution in [-0.2, 0) is 5.88 Å². The van der Waals surface area contributed by atoms with Gasteiger partial charge in [0, 0.05) is 12.3 Å². The maximum Gasteiger partial charge on any atom is 0.164 e. The summed E-state index contributed by atoms with van der Waals surface area (Å²) in [6.45, 7) is 0. The van der Waals surface area contributed by atoms with Gasteiger partial charge in [-0.05, 0) is 18.2 Å². The summed E-state index contributed by atoms with van der Waals surface area (Å²) in [4.78, 5) is 8.57. The standard InChI is InChI=1S/C14H10Cl2FN3O/c1-21-9-2-3-10(17)12(5-9)20-13(6-15)19-11-4-8(16)7-18-14(11)20/h2-5,7H,6H2,1H3. The summed E-state index contributed by atoms with van der Waals surface area (Å²) in [7, 11) is 1.52. The molecule has 1 aromatic carbocycles. The lowest BCUT2D eigenvalue weighted by molar-refractivity contribution is 0.413. The number of rotatable bonds is 3. The Balaban J connectivity index is 2.33. The van der Waals surface area contributed by atoms with Crippen LogP contribution in [-0.4, -0.2) is 21.6 Å². The first-order chi connectivity index (χ1) is 10.1. The lowest BCUT2D eigenvalue weighted by atomic mass is 10.2. The number of ether oxygens (including phenoxy) is 1. The number of alkyl halides is 1. The molecule has 4 nitrogen and oxygen atoms in total. The molecule has 0 aliphatic rings. The molecule has 0 bridgehead atoms. The SMILES string of the molecule is COc1ccc(F)c(-n2c(CCl)nc3cc(Cl)cnc32)c1. The van der Waals surface area contributed by atoms with Crippen LogP contribution >= 0.6 is 23.2 Å². The van der Waals surface area contributed by atoms with E-state index in [0.29, 0.717) is 27.8 Å². The van der Waals surface area contributed by atoms with E-state index in [0.717, 1.165) is 0 Å². The first kappa shape index (κ1) is 14.1. The molecule has 21 heavy (non-hydrogen) atoms. The molecule has 0 unspecified atom stereocenters. The van der Waals surface area contributed by atoms with Gasteiger partial charge in [-0.15, -0.1) is 11.6 Å². The van der Waals surface area contributed by atoms with E-state index in [2.05, 4.69) is 9.97 Å². The average molecular weight is 326 g/mol. The van der Waals surface area contributed by atoms with E-state index in [4.69, 9.17) is 27.9 Å². The third-order valence-corrected chi connectivity index (χ3v) is 3.49. The van der Waals surface area contributed by atoms with Gasteiger partial charge in [-0.1, -0.05) is 11.6 Å². The molecule has 3 aromatic rings. The van der Waals surface area contributed by atoms with E-state index in [1.54, 1.807) is 22.8 Å². The summed E-state index contributed by atoms with van der Waals surface area (Å²) < 4.78 is 20.9. The summed E-state index contributed by atoms with van der Waals surface area (Å²) in [5.41, 5.74) is 1.32. The van der Waals surface area contributed by atoms with Gasteiger partial charge < -0.3 is 4.74 Å². The van der Waals surface area contributed by atoms with Gasteiger partial charge in [-0.3, -0.25) is 4.57 Å². The van der Waals surface area contributed by atoms with Crippen molar-refractivity contribution in [2.75, 3.05) is 7.11 Å². The molecule has 2 heterocycles. The van der Waals surface area contributed by atoms with Crippen molar-refractivity contribution in [3.8, 4) is 11.4 Å². The predicted molar refractivity (Wildman–Crippen MR) is 79.9 cm³/mol. The molecule has 3 rings (SSSR count). The van der Waals surface area contributed by atoms with Crippen molar-refractivity contribution in [2.45, 2.75) is 5.88 Å². The van der Waals surface area contributed by atoms with Crippen LogP contribution in [0.1, 0.15) is 5.82 Å². The van der Waals surface area contributed by atoms with Gasteiger partial charge in [0.15, 0.2) is 5.65 Å². The molecule has 2 aromatic heterocycles. The lowest BCUT2D eigenvalue weighted by Crippen LogP contribution is -2.03. The van der Waals surface area contributed by atoms with E-state index < -0.39 is 5.82 Å². The molecule has 0 saturated heterocycles. The van der Waals surface area contributed by atoms with Crippen LogP contribution in [0.15, 0.2) is 30.5 Å². The maximum absolute atomic E-state index is 14.2. The second-order valence-electron chi connectivity index (χ2n) is 4.31. The number of nitrogens with zero attached hydrogens (tertiary/aromatic N) is 3. The smallest absolute Gasteiger partial charge is 0.164 e. The zero-order chi connectivity index (χ0) is 15.0. The molecule has 0 aliphatic carbocycles. The zero-order valence-corrected chi connectivity index (χ0v) is 12.5. The maximum atomic E-state index is 14.2. The highest BCUT2D eigenvalue weighted by molar-refractivity contribution is 6.31. The quantitative estimate of drug-likeness (QED) is 0.684. The van der Waals surface area contributed by atoms with Gasteiger partial charge in [0.1, 0.15) is 22.9 Å². The highest BCUT2D eigenvalue weighted by Crippen LogP contribution is 2.27. The number of fused-ring (bicyclic) bond motifs is 1. The van der Waals surface area contributed by atoms with Gasteiger partial charge in [0.25, 0.3) is 0 Å². The predicted octanol–water partition coefficient (Wildman–Crippen LogP) is 3.96. The monoisotopic (exact) mass is 325 g/mol. The third-order valence-electron chi connectivity index (χ3n) is 3.05. The fraction of sp³-hybridized carbons (Fsp3) is 0.143. The van der Waals surface area contributed by atoms with Crippen LogP contribution in [0.4, 0.5) is 4.39 Å². The minimum atomic E-state index is -0.418. The van der Waals surface area contributed by atoms with Crippen molar-refractivity contribution in [3.05, 3.63) is 47.1 Å². The molecule has 0 aliphatic heterocycles. The summed E-state index contributed by atoms with van der Waals surface area (Å²) in [5, 5.41) is 0.458. The number of aromatic nitrogens is 3. The van der Waals surface area contributed by atoms with Crippen LogP contribution in [0.3, 0.4) is 0 Å². The van der Waals surface area contributed by atoms with Crippen molar-refractivity contribution in [1.82, 2.24) is 14.5 Å². The van der Waals surface area contributed by atoms with Crippen molar-refractivity contribution in [1.29, 1.82) is 0 Å². The normalized spacial score (nSPS) is 11.0. The summed E-state index contributed by atoms with van der Waals surface area (Å²) in [6, 6.07) is 6.11. The Hall–Kier alpha value is -1.85. The van der Waals surface area contributed by atoms with Crippen molar-refractivity contribution in [2.24, 2.45) is 0 Å². The Morgan fingerprint density at radius 2 is 2.14 bits per heavy atom. The topological polar surface area (TPSA) is 39.9 Å². The van der Waals surface area contributed by atoms with Crippen molar-refractivity contribution < 1.29 is 9.13 Å². The molecule has 7 heteroatoms. The van der Waals surface area contributed by atoms with Crippen molar-refractivity contribution >= 4 is 34.4 Å².